The zero-order chi connectivity index (χ0) is 16.8. The Labute approximate surface area is 133 Å². The van der Waals surface area contributed by atoms with Crippen LogP contribution in [0.3, 0.4) is 0 Å². The molecule has 2 aromatic carbocycles. The fourth-order valence-electron chi connectivity index (χ4n) is 2.06. The average molecular weight is 310 g/mol. The van der Waals surface area contributed by atoms with Gasteiger partial charge in [-0.3, -0.25) is 10.1 Å². The highest BCUT2D eigenvalue weighted by Crippen LogP contribution is 2.29. The molecular formula is C17H14N2O4. The lowest BCUT2D eigenvalue weighted by atomic mass is 10.0. The van der Waals surface area contributed by atoms with Gasteiger partial charge in [0.15, 0.2) is 0 Å². The smallest absolute Gasteiger partial charge is 0.270 e. The summed E-state index contributed by atoms with van der Waals surface area (Å²) in [5.74, 6) is 1.18. The summed E-state index contributed by atoms with van der Waals surface area (Å²) >= 11 is 0. The molecule has 0 unspecified atom stereocenters. The number of nitrogens with zero attached hydrogens (tertiary/aromatic N) is 2. The van der Waals surface area contributed by atoms with Gasteiger partial charge in [0.05, 0.1) is 30.8 Å². The van der Waals surface area contributed by atoms with Gasteiger partial charge in [0.1, 0.15) is 11.5 Å². The van der Waals surface area contributed by atoms with E-state index in [1.807, 2.05) is 0 Å². The van der Waals surface area contributed by atoms with Crippen LogP contribution in [-0.2, 0) is 0 Å². The number of methoxy groups -OCH3 is 2. The molecule has 6 nitrogen and oxygen atoms in total. The molecule has 0 bridgehead atoms. The minimum absolute atomic E-state index is 0.0645. The number of nitro benzene ring substituents is 1. The van der Waals surface area contributed by atoms with E-state index < -0.39 is 4.92 Å². The predicted molar refractivity (Wildman–Crippen MR) is 86.1 cm³/mol. The fraction of sp³-hybridized carbons (Fsp3) is 0.118. The SMILES string of the molecule is COc1ccc(/C=C(/C#N)c2cccc([N+](=O)[O-])c2)c(OC)c1. The van der Waals surface area contributed by atoms with Crippen molar-refractivity contribution in [3.8, 4) is 17.6 Å². The molecule has 0 saturated carbocycles. The number of non-ortho nitro benzene ring substituents is 1. The third-order valence-corrected chi connectivity index (χ3v) is 3.23. The van der Waals surface area contributed by atoms with E-state index in [4.69, 9.17) is 9.47 Å². The van der Waals surface area contributed by atoms with Gasteiger partial charge in [-0.25, -0.2) is 0 Å². The van der Waals surface area contributed by atoms with E-state index in [2.05, 4.69) is 6.07 Å². The molecule has 0 aliphatic heterocycles. The van der Waals surface area contributed by atoms with E-state index in [-0.39, 0.29) is 5.69 Å². The van der Waals surface area contributed by atoms with Crippen LogP contribution < -0.4 is 9.47 Å². The topological polar surface area (TPSA) is 85.4 Å². The van der Waals surface area contributed by atoms with E-state index >= 15 is 0 Å². The summed E-state index contributed by atoms with van der Waals surface area (Å²) in [6.07, 6.45) is 1.62. The lowest BCUT2D eigenvalue weighted by molar-refractivity contribution is -0.384. The normalized spacial score (nSPS) is 10.7. The first-order chi connectivity index (χ1) is 11.1. The van der Waals surface area contributed by atoms with Crippen molar-refractivity contribution in [1.29, 1.82) is 5.26 Å². The van der Waals surface area contributed by atoms with Crippen LogP contribution in [0.4, 0.5) is 5.69 Å². The summed E-state index contributed by atoms with van der Waals surface area (Å²) in [5.41, 5.74) is 1.39. The number of benzene rings is 2. The van der Waals surface area contributed by atoms with E-state index in [0.29, 0.717) is 28.2 Å². The van der Waals surface area contributed by atoms with Gasteiger partial charge >= 0.3 is 0 Å². The van der Waals surface area contributed by atoms with Crippen LogP contribution in [0, 0.1) is 21.4 Å². The Morgan fingerprint density at radius 1 is 1.22 bits per heavy atom. The maximum Gasteiger partial charge on any atom is 0.270 e. The highest BCUT2D eigenvalue weighted by atomic mass is 16.6. The van der Waals surface area contributed by atoms with E-state index in [0.717, 1.165) is 0 Å². The van der Waals surface area contributed by atoms with Crippen molar-refractivity contribution in [2.45, 2.75) is 0 Å². The molecule has 0 aliphatic carbocycles. The van der Waals surface area contributed by atoms with Crippen molar-refractivity contribution < 1.29 is 14.4 Å². The standard InChI is InChI=1S/C17H14N2O4/c1-22-16-7-6-13(17(10-16)23-2)8-14(11-18)12-4-3-5-15(9-12)19(20)21/h3-10H,1-2H3/b14-8-. The van der Waals surface area contributed by atoms with Crippen LogP contribution in [0.15, 0.2) is 42.5 Å². The molecule has 0 saturated heterocycles. The van der Waals surface area contributed by atoms with E-state index in [1.165, 1.54) is 19.2 Å². The van der Waals surface area contributed by atoms with E-state index in [1.54, 1.807) is 43.5 Å². The number of hydrogen-bond donors (Lipinski definition) is 0. The largest absolute Gasteiger partial charge is 0.497 e. The molecule has 0 heterocycles. The molecule has 6 heteroatoms. The molecule has 0 radical (unpaired) electrons. The molecule has 0 fully saturated rings. The van der Waals surface area contributed by atoms with Crippen molar-refractivity contribution >= 4 is 17.3 Å². The number of hydrogen-bond acceptors (Lipinski definition) is 5. The molecular weight excluding hydrogens is 296 g/mol. The highest BCUT2D eigenvalue weighted by molar-refractivity contribution is 5.91. The Morgan fingerprint density at radius 2 is 2.00 bits per heavy atom. The van der Waals surface area contributed by atoms with Crippen molar-refractivity contribution in [3.05, 3.63) is 63.7 Å². The highest BCUT2D eigenvalue weighted by Gasteiger charge is 2.10. The third-order valence-electron chi connectivity index (χ3n) is 3.23. The van der Waals surface area contributed by atoms with Gasteiger partial charge < -0.3 is 9.47 Å². The molecule has 0 spiro atoms. The van der Waals surface area contributed by atoms with Gasteiger partial charge in [-0.1, -0.05) is 12.1 Å². The van der Waals surface area contributed by atoms with Gasteiger partial charge in [-0.2, -0.15) is 5.26 Å². The Balaban J connectivity index is 2.49. The van der Waals surface area contributed by atoms with Crippen LogP contribution in [-0.4, -0.2) is 19.1 Å². The van der Waals surface area contributed by atoms with Crippen molar-refractivity contribution in [2.75, 3.05) is 14.2 Å². The number of ether oxygens (including phenoxy) is 2. The zero-order valence-electron chi connectivity index (χ0n) is 12.6. The Morgan fingerprint density at radius 3 is 2.61 bits per heavy atom. The molecule has 23 heavy (non-hydrogen) atoms. The molecule has 0 aliphatic rings. The van der Waals surface area contributed by atoms with Crippen LogP contribution in [0.25, 0.3) is 11.6 Å². The minimum atomic E-state index is -0.494. The van der Waals surface area contributed by atoms with Gasteiger partial charge in [0, 0.05) is 23.8 Å². The van der Waals surface area contributed by atoms with E-state index in [9.17, 15) is 15.4 Å². The summed E-state index contributed by atoms with van der Waals surface area (Å²) in [6.45, 7) is 0. The Kier molecular flexibility index (Phi) is 4.95. The lowest BCUT2D eigenvalue weighted by Gasteiger charge is -2.08. The Hall–Kier alpha value is -3.33. The molecule has 2 aromatic rings. The van der Waals surface area contributed by atoms with Gasteiger partial charge in [0.2, 0.25) is 0 Å². The number of allylic oxidation sites excluding steroid dienone is 1. The molecule has 116 valence electrons. The quantitative estimate of drug-likeness (QED) is 0.364. The van der Waals surface area contributed by atoms with Crippen molar-refractivity contribution in [1.82, 2.24) is 0 Å². The van der Waals surface area contributed by atoms with Crippen LogP contribution in [0.1, 0.15) is 11.1 Å². The number of rotatable bonds is 5. The summed E-state index contributed by atoms with van der Waals surface area (Å²) in [4.78, 5) is 10.4. The molecule has 0 atom stereocenters. The lowest BCUT2D eigenvalue weighted by Crippen LogP contribution is -1.92. The molecule has 0 amide bonds. The van der Waals surface area contributed by atoms with Gasteiger partial charge in [0.25, 0.3) is 5.69 Å². The first-order valence-corrected chi connectivity index (χ1v) is 6.67. The number of nitro groups is 1. The first-order valence-electron chi connectivity index (χ1n) is 6.67. The second kappa shape index (κ2) is 7.09. The summed E-state index contributed by atoms with van der Waals surface area (Å²) < 4.78 is 10.4. The predicted octanol–water partition coefficient (Wildman–Crippen LogP) is 3.68. The van der Waals surface area contributed by atoms with Gasteiger partial charge in [-0.15, -0.1) is 0 Å². The fourth-order valence-corrected chi connectivity index (χ4v) is 2.06. The van der Waals surface area contributed by atoms with Crippen molar-refractivity contribution in [3.63, 3.8) is 0 Å². The third kappa shape index (κ3) is 3.66. The maximum absolute atomic E-state index is 10.9. The molecule has 2 rings (SSSR count). The van der Waals surface area contributed by atoms with Crippen molar-refractivity contribution in [2.24, 2.45) is 0 Å². The first kappa shape index (κ1) is 16.0. The second-order valence-corrected chi connectivity index (χ2v) is 4.59. The van der Waals surface area contributed by atoms with Crippen LogP contribution >= 0.6 is 0 Å². The minimum Gasteiger partial charge on any atom is -0.497 e. The number of nitriles is 1. The second-order valence-electron chi connectivity index (χ2n) is 4.59. The van der Waals surface area contributed by atoms with Crippen LogP contribution in [0.5, 0.6) is 11.5 Å². The summed E-state index contributed by atoms with van der Waals surface area (Å²) in [7, 11) is 3.07. The summed E-state index contributed by atoms with van der Waals surface area (Å²) in [5, 5.41) is 20.2. The monoisotopic (exact) mass is 310 g/mol. The zero-order valence-corrected chi connectivity index (χ0v) is 12.6. The average Bonchev–Trinajstić information content (AvgIpc) is 2.59. The van der Waals surface area contributed by atoms with Gasteiger partial charge in [-0.05, 0) is 23.8 Å². The van der Waals surface area contributed by atoms with Crippen LogP contribution in [0.2, 0.25) is 0 Å². The maximum atomic E-state index is 10.9. The molecule has 0 aromatic heterocycles. The molecule has 0 N–H and O–H groups in total. The Bertz CT molecular complexity index is 806. The summed E-state index contributed by atoms with van der Waals surface area (Å²) in [6, 6.07) is 13.2.